The van der Waals surface area contributed by atoms with Crippen LogP contribution in [0.15, 0.2) is 16.0 Å². The van der Waals surface area contributed by atoms with Crippen LogP contribution in [0, 0.1) is 0 Å². The van der Waals surface area contributed by atoms with E-state index in [0.717, 1.165) is 0 Å². The Kier molecular flexibility index (Phi) is 6.73. The second kappa shape index (κ2) is 10.3. The monoisotopic (exact) mass is 662 g/mol. The number of nitrogen functional groups attached to an aromatic ring is 1. The molecule has 3 atom stereocenters. The molecule has 0 radical (unpaired) electrons. The van der Waals surface area contributed by atoms with Gasteiger partial charge in [0.1, 0.15) is 24.4 Å². The number of hydrogen-bond donors (Lipinski definition) is 6. The highest BCUT2D eigenvalue weighted by molar-refractivity contribution is 7.09. The summed E-state index contributed by atoms with van der Waals surface area (Å²) in [4.78, 5) is 117. The number of carbonyl (C=O) groups is 7. The maximum atomic E-state index is 13.4. The Hall–Kier alpha value is -5.97. The molecule has 2 aromatic rings. The molecule has 2 unspecified atom stereocenters. The molecule has 2 saturated heterocycles. The number of aliphatic carboxylic acids is 2. The van der Waals surface area contributed by atoms with Crippen LogP contribution in [-0.2, 0) is 38.4 Å². The standard InChI is InChI=1S/C23H18N8O14S/c24-21-27-12(29-46-21)11(28-45-22(1-2-22)19(39)40)14(34)25-7-5-43-31(16(7)36)23(20(41)42)4-8(18(38)44-23)30-15(35)6-3-9(32)13(33)26-10(6)17(30)37/h3,7-8,32H,1-2,4-5H2,(H,25,34)(H,26,33)(H,39,40)(H,41,42)(H2,24,27,29)/b28-11-/t7-,8?,23?/m0/s1. The van der Waals surface area contributed by atoms with Gasteiger partial charge in [0.25, 0.3) is 29.2 Å². The minimum absolute atomic E-state index is 0.0926. The van der Waals surface area contributed by atoms with E-state index in [2.05, 4.69) is 19.8 Å². The van der Waals surface area contributed by atoms with Crippen LogP contribution < -0.4 is 16.6 Å². The van der Waals surface area contributed by atoms with Crippen LogP contribution in [0.3, 0.4) is 0 Å². The summed E-state index contributed by atoms with van der Waals surface area (Å²) in [6.07, 6.45) is -0.847. The van der Waals surface area contributed by atoms with Crippen LogP contribution in [0.4, 0.5) is 5.13 Å². The molecule has 3 fully saturated rings. The van der Waals surface area contributed by atoms with Crippen LogP contribution in [0.1, 0.15) is 45.9 Å². The predicted molar refractivity (Wildman–Crippen MR) is 140 cm³/mol. The first-order valence-corrected chi connectivity index (χ1v) is 13.6. The number of anilines is 1. The molecular weight excluding hydrogens is 644 g/mol. The third kappa shape index (κ3) is 4.55. The number of H-pyrrole nitrogens is 1. The molecule has 1 saturated carbocycles. The Morgan fingerprint density at radius 1 is 1.15 bits per heavy atom. The fraction of sp³-hybridized carbons (Fsp3) is 0.348. The lowest BCUT2D eigenvalue weighted by molar-refractivity contribution is -0.256. The van der Waals surface area contributed by atoms with Crippen molar-refractivity contribution in [3.63, 3.8) is 0 Å². The Balaban J connectivity index is 1.22. The van der Waals surface area contributed by atoms with E-state index in [4.69, 9.17) is 20.1 Å². The number of imide groups is 1. The van der Waals surface area contributed by atoms with Gasteiger partial charge in [-0.3, -0.25) is 33.7 Å². The number of nitrogens with zero attached hydrogens (tertiary/aromatic N) is 5. The molecular formula is C23H18N8O14S. The van der Waals surface area contributed by atoms with Crippen molar-refractivity contribution in [2.24, 2.45) is 5.16 Å². The molecule has 6 rings (SSSR count). The number of hydroxylamine groups is 2. The SMILES string of the molecule is Nc1nc(/C(=N/OC2(C(=O)O)CC2)C(=O)N[C@H]2CON(C3(C(=O)O)CC(N4C(=O)c5cc(O)c(=O)[nH]c5C4=O)C(=O)O3)C2=O)ns1. The number of pyridine rings is 1. The van der Waals surface area contributed by atoms with Gasteiger partial charge in [0.15, 0.2) is 10.9 Å². The number of esters is 1. The average molecular weight is 663 g/mol. The smallest absolute Gasteiger partial charge is 0.372 e. The molecule has 46 heavy (non-hydrogen) atoms. The van der Waals surface area contributed by atoms with Gasteiger partial charge in [0.2, 0.25) is 17.1 Å². The average Bonchev–Trinajstić information content (AvgIpc) is 3.21. The number of ether oxygens (including phenoxy) is 1. The highest BCUT2D eigenvalue weighted by Crippen LogP contribution is 2.40. The summed E-state index contributed by atoms with van der Waals surface area (Å²) < 4.78 is 8.87. The van der Waals surface area contributed by atoms with Crippen molar-refractivity contribution in [3.05, 3.63) is 33.5 Å². The van der Waals surface area contributed by atoms with E-state index < -0.39 is 106 Å². The van der Waals surface area contributed by atoms with Crippen molar-refractivity contribution in [1.82, 2.24) is 29.6 Å². The maximum Gasteiger partial charge on any atom is 0.372 e. The van der Waals surface area contributed by atoms with Crippen molar-refractivity contribution < 1.29 is 63.3 Å². The number of amides is 4. The maximum absolute atomic E-state index is 13.4. The number of hydrogen-bond acceptors (Lipinski definition) is 17. The molecule has 23 heteroatoms. The fourth-order valence-corrected chi connectivity index (χ4v) is 5.22. The zero-order chi connectivity index (χ0) is 33.3. The first kappa shape index (κ1) is 30.1. The van der Waals surface area contributed by atoms with Gasteiger partial charge in [-0.05, 0) is 0 Å². The van der Waals surface area contributed by atoms with Crippen LogP contribution in [-0.4, -0.2) is 117 Å². The van der Waals surface area contributed by atoms with Gasteiger partial charge in [-0.25, -0.2) is 14.4 Å². The van der Waals surface area contributed by atoms with Crippen molar-refractivity contribution >= 4 is 63.9 Å². The lowest BCUT2D eigenvalue weighted by Gasteiger charge is -2.30. The molecule has 5 heterocycles. The van der Waals surface area contributed by atoms with Gasteiger partial charge in [0.05, 0.1) is 12.0 Å². The van der Waals surface area contributed by atoms with Gasteiger partial charge in [0, 0.05) is 30.4 Å². The van der Waals surface area contributed by atoms with E-state index in [0.29, 0.717) is 22.5 Å². The number of carbonyl (C=O) groups excluding carboxylic acids is 5. The van der Waals surface area contributed by atoms with Crippen LogP contribution in [0.2, 0.25) is 0 Å². The Labute approximate surface area is 256 Å². The molecule has 7 N–H and O–H groups in total. The number of aromatic nitrogens is 3. The molecule has 2 aromatic heterocycles. The van der Waals surface area contributed by atoms with E-state index in [1.165, 1.54) is 0 Å². The van der Waals surface area contributed by atoms with Gasteiger partial charge in [-0.1, -0.05) is 5.16 Å². The van der Waals surface area contributed by atoms with Crippen molar-refractivity contribution in [3.8, 4) is 5.75 Å². The van der Waals surface area contributed by atoms with E-state index >= 15 is 0 Å². The minimum Gasteiger partial charge on any atom is -0.503 e. The van der Waals surface area contributed by atoms with Crippen LogP contribution >= 0.6 is 11.5 Å². The van der Waals surface area contributed by atoms with Crippen molar-refractivity contribution in [1.29, 1.82) is 0 Å². The molecule has 1 aliphatic carbocycles. The first-order chi connectivity index (χ1) is 21.7. The molecule has 0 aromatic carbocycles. The second-order valence-electron chi connectivity index (χ2n) is 10.2. The zero-order valence-electron chi connectivity index (χ0n) is 22.6. The second-order valence-corrected chi connectivity index (χ2v) is 11.0. The molecule has 0 spiro atoms. The zero-order valence-corrected chi connectivity index (χ0v) is 23.4. The summed E-state index contributed by atoms with van der Waals surface area (Å²) >= 11 is 0.666. The molecule has 22 nitrogen and oxygen atoms in total. The number of aromatic hydroxyl groups is 1. The van der Waals surface area contributed by atoms with Crippen molar-refractivity contribution in [2.45, 2.75) is 42.7 Å². The number of fused-ring (bicyclic) bond motifs is 1. The van der Waals surface area contributed by atoms with Gasteiger partial charge in [-0.15, -0.1) is 0 Å². The number of oxime groups is 1. The van der Waals surface area contributed by atoms with E-state index in [1.807, 2.05) is 4.98 Å². The normalized spacial score (nSPS) is 25.0. The summed E-state index contributed by atoms with van der Waals surface area (Å²) in [5.41, 5.74) is -1.88. The Bertz CT molecular complexity index is 1870. The number of nitrogens with one attached hydrogen (secondary N) is 2. The first-order valence-electron chi connectivity index (χ1n) is 12.9. The summed E-state index contributed by atoms with van der Waals surface area (Å²) in [5.74, 6) is -10.8. The lowest BCUT2D eigenvalue weighted by atomic mass is 10.0. The topological polar surface area (TPSA) is 323 Å². The number of rotatable bonds is 9. The number of aromatic amines is 1. The highest BCUT2D eigenvalue weighted by atomic mass is 32.1. The minimum atomic E-state index is -2.94. The number of nitrogens with two attached hydrogens (primary N) is 1. The van der Waals surface area contributed by atoms with Crippen LogP contribution in [0.25, 0.3) is 0 Å². The molecule has 0 bridgehead atoms. The summed E-state index contributed by atoms with van der Waals surface area (Å²) in [7, 11) is 0. The molecule has 4 aliphatic rings. The molecule has 240 valence electrons. The number of cyclic esters (lactones) is 1. The quantitative estimate of drug-likeness (QED) is 0.0656. The van der Waals surface area contributed by atoms with Gasteiger partial charge < -0.3 is 40.9 Å². The van der Waals surface area contributed by atoms with E-state index in [1.54, 1.807) is 0 Å². The number of carboxylic acid groups (broad SMARTS) is 2. The van der Waals surface area contributed by atoms with E-state index in [-0.39, 0.29) is 28.9 Å². The fourth-order valence-electron chi connectivity index (χ4n) is 4.79. The molecule has 4 amide bonds. The lowest BCUT2D eigenvalue weighted by Crippen LogP contribution is -2.57. The summed E-state index contributed by atoms with van der Waals surface area (Å²) in [6.45, 7) is -0.713. The summed E-state index contributed by atoms with van der Waals surface area (Å²) in [6, 6.07) is -2.88. The Morgan fingerprint density at radius 3 is 2.48 bits per heavy atom. The highest BCUT2D eigenvalue weighted by Gasteiger charge is 2.65. The third-order valence-electron chi connectivity index (χ3n) is 7.34. The Morgan fingerprint density at radius 2 is 1.87 bits per heavy atom. The van der Waals surface area contributed by atoms with Gasteiger partial charge >= 0.3 is 23.6 Å². The van der Waals surface area contributed by atoms with Gasteiger partial charge in [-0.2, -0.15) is 14.4 Å². The third-order valence-corrected chi connectivity index (χ3v) is 7.88. The largest absolute Gasteiger partial charge is 0.503 e. The number of carboxylic acids is 2. The predicted octanol–water partition coefficient (Wildman–Crippen LogP) is -3.50. The summed E-state index contributed by atoms with van der Waals surface area (Å²) in [5, 5.41) is 34.9. The molecule has 3 aliphatic heterocycles. The van der Waals surface area contributed by atoms with Crippen molar-refractivity contribution in [2.75, 3.05) is 12.3 Å². The van der Waals surface area contributed by atoms with Crippen LogP contribution in [0.5, 0.6) is 5.75 Å². The van der Waals surface area contributed by atoms with E-state index in [9.17, 15) is 53.7 Å².